The summed E-state index contributed by atoms with van der Waals surface area (Å²) in [5.41, 5.74) is 1.88. The average Bonchev–Trinajstić information content (AvgIpc) is 2.47. The first kappa shape index (κ1) is 8.93. The van der Waals surface area contributed by atoms with Crippen LogP contribution < -0.4 is 0 Å². The van der Waals surface area contributed by atoms with Crippen molar-refractivity contribution < 1.29 is 5.11 Å². The standard InChI is InChI=1S/C9H12N4O/c1-9(2,3)6-5-7(11-4-10-5)13-8(14)12-6/h4H,1-3H3,(H2,10,11,12,13,14). The van der Waals surface area contributed by atoms with Gasteiger partial charge in [-0.2, -0.15) is 9.97 Å². The van der Waals surface area contributed by atoms with Gasteiger partial charge in [0.1, 0.15) is 5.52 Å². The Balaban J connectivity index is 2.80. The van der Waals surface area contributed by atoms with Gasteiger partial charge in [0.05, 0.1) is 12.0 Å². The number of nitrogens with one attached hydrogen (secondary N) is 1. The van der Waals surface area contributed by atoms with Gasteiger partial charge in [-0.3, -0.25) is 0 Å². The van der Waals surface area contributed by atoms with Crippen LogP contribution in [0, 0.1) is 0 Å². The van der Waals surface area contributed by atoms with Crippen LogP contribution in [0.1, 0.15) is 26.5 Å². The summed E-state index contributed by atoms with van der Waals surface area (Å²) in [7, 11) is 0. The lowest BCUT2D eigenvalue weighted by Crippen LogP contribution is -2.14. The van der Waals surface area contributed by atoms with Crippen LogP contribution in [0.15, 0.2) is 6.33 Å². The molecule has 2 aromatic rings. The molecule has 0 aromatic carbocycles. The van der Waals surface area contributed by atoms with E-state index in [1.807, 2.05) is 20.8 Å². The SMILES string of the molecule is CC(C)(C)c1nc(O)nc2[nH]cnc12. The van der Waals surface area contributed by atoms with E-state index in [1.54, 1.807) is 6.33 Å². The van der Waals surface area contributed by atoms with Gasteiger partial charge in [-0.1, -0.05) is 20.8 Å². The van der Waals surface area contributed by atoms with Gasteiger partial charge >= 0.3 is 6.01 Å². The van der Waals surface area contributed by atoms with Gasteiger partial charge in [0.15, 0.2) is 5.65 Å². The van der Waals surface area contributed by atoms with E-state index in [2.05, 4.69) is 19.9 Å². The lowest BCUT2D eigenvalue weighted by atomic mass is 9.91. The Morgan fingerprint density at radius 3 is 2.64 bits per heavy atom. The molecule has 2 rings (SSSR count). The number of aromatic nitrogens is 4. The Morgan fingerprint density at radius 2 is 2.00 bits per heavy atom. The summed E-state index contributed by atoms with van der Waals surface area (Å²) in [4.78, 5) is 14.8. The molecular formula is C9H12N4O. The second-order valence-electron chi connectivity index (χ2n) is 4.22. The topological polar surface area (TPSA) is 74.7 Å². The van der Waals surface area contributed by atoms with Crippen LogP contribution in [0.3, 0.4) is 0 Å². The van der Waals surface area contributed by atoms with Crippen LogP contribution in [-0.2, 0) is 5.41 Å². The zero-order chi connectivity index (χ0) is 10.3. The number of rotatable bonds is 0. The molecule has 5 nitrogen and oxygen atoms in total. The zero-order valence-electron chi connectivity index (χ0n) is 8.37. The molecule has 14 heavy (non-hydrogen) atoms. The second-order valence-corrected chi connectivity index (χ2v) is 4.22. The molecule has 2 N–H and O–H groups in total. The van der Waals surface area contributed by atoms with E-state index in [-0.39, 0.29) is 11.4 Å². The van der Waals surface area contributed by atoms with Crippen LogP contribution >= 0.6 is 0 Å². The van der Waals surface area contributed by atoms with Crippen molar-refractivity contribution in [1.82, 2.24) is 19.9 Å². The Bertz CT molecular complexity index is 469. The summed E-state index contributed by atoms with van der Waals surface area (Å²) in [6, 6.07) is -0.216. The number of hydrogen-bond acceptors (Lipinski definition) is 4. The number of imidazole rings is 1. The lowest BCUT2D eigenvalue weighted by Gasteiger charge is -2.17. The van der Waals surface area contributed by atoms with Crippen LogP contribution in [0.25, 0.3) is 11.2 Å². The number of fused-ring (bicyclic) bond motifs is 1. The van der Waals surface area contributed by atoms with Crippen molar-refractivity contribution in [2.45, 2.75) is 26.2 Å². The summed E-state index contributed by atoms with van der Waals surface area (Å²) in [5, 5.41) is 9.32. The molecule has 0 aliphatic heterocycles. The van der Waals surface area contributed by atoms with Crippen LogP contribution in [0.5, 0.6) is 6.01 Å². The summed E-state index contributed by atoms with van der Waals surface area (Å²) >= 11 is 0. The Morgan fingerprint density at radius 1 is 1.29 bits per heavy atom. The molecule has 0 radical (unpaired) electrons. The smallest absolute Gasteiger partial charge is 0.316 e. The number of H-pyrrole nitrogens is 1. The van der Waals surface area contributed by atoms with Gasteiger partial charge in [-0.25, -0.2) is 4.98 Å². The predicted molar refractivity (Wildman–Crippen MR) is 52.0 cm³/mol. The summed E-state index contributed by atoms with van der Waals surface area (Å²) in [6.45, 7) is 6.05. The molecule has 0 bridgehead atoms. The normalized spacial score (nSPS) is 12.2. The maximum atomic E-state index is 9.32. The Labute approximate surface area is 81.2 Å². The van der Waals surface area contributed by atoms with E-state index in [9.17, 15) is 5.11 Å². The van der Waals surface area contributed by atoms with Crippen molar-refractivity contribution in [2.24, 2.45) is 0 Å². The van der Waals surface area contributed by atoms with E-state index in [0.717, 1.165) is 11.2 Å². The monoisotopic (exact) mass is 192 g/mol. The van der Waals surface area contributed by atoms with E-state index in [0.29, 0.717) is 5.65 Å². The highest BCUT2D eigenvalue weighted by atomic mass is 16.3. The molecule has 74 valence electrons. The first-order valence-electron chi connectivity index (χ1n) is 4.39. The highest BCUT2D eigenvalue weighted by molar-refractivity contribution is 5.74. The van der Waals surface area contributed by atoms with E-state index in [4.69, 9.17) is 0 Å². The van der Waals surface area contributed by atoms with Crippen LogP contribution in [0.2, 0.25) is 0 Å². The number of aromatic hydroxyl groups is 1. The van der Waals surface area contributed by atoms with Crippen molar-refractivity contribution in [3.63, 3.8) is 0 Å². The van der Waals surface area contributed by atoms with Crippen molar-refractivity contribution in [3.8, 4) is 6.01 Å². The molecule has 0 amide bonds. The van der Waals surface area contributed by atoms with Gasteiger partial charge in [-0.15, -0.1) is 0 Å². The fraction of sp³-hybridized carbons (Fsp3) is 0.444. The minimum atomic E-state index is -0.216. The first-order valence-corrected chi connectivity index (χ1v) is 4.39. The molecule has 0 unspecified atom stereocenters. The molecule has 0 fully saturated rings. The molecule has 0 aliphatic rings. The number of hydrogen-bond donors (Lipinski definition) is 2. The van der Waals surface area contributed by atoms with Gasteiger partial charge in [-0.05, 0) is 0 Å². The van der Waals surface area contributed by atoms with Crippen molar-refractivity contribution in [1.29, 1.82) is 0 Å². The van der Waals surface area contributed by atoms with Gasteiger partial charge in [0.25, 0.3) is 0 Å². The third kappa shape index (κ3) is 1.30. The maximum absolute atomic E-state index is 9.32. The van der Waals surface area contributed by atoms with Gasteiger partial charge in [0.2, 0.25) is 0 Å². The number of aromatic amines is 1. The van der Waals surface area contributed by atoms with Gasteiger partial charge in [0, 0.05) is 5.41 Å². The van der Waals surface area contributed by atoms with Crippen molar-refractivity contribution in [2.75, 3.05) is 0 Å². The molecule has 0 atom stereocenters. The molecule has 0 saturated carbocycles. The van der Waals surface area contributed by atoms with Crippen molar-refractivity contribution in [3.05, 3.63) is 12.0 Å². The van der Waals surface area contributed by atoms with Crippen LogP contribution in [0.4, 0.5) is 0 Å². The molecule has 0 saturated heterocycles. The average molecular weight is 192 g/mol. The molecule has 0 spiro atoms. The minimum absolute atomic E-state index is 0.159. The maximum Gasteiger partial charge on any atom is 0.316 e. The lowest BCUT2D eigenvalue weighted by molar-refractivity contribution is 0.423. The number of nitrogens with zero attached hydrogens (tertiary/aromatic N) is 3. The van der Waals surface area contributed by atoms with Gasteiger partial charge < -0.3 is 10.1 Å². The summed E-state index contributed by atoms with van der Waals surface area (Å²) < 4.78 is 0. The summed E-state index contributed by atoms with van der Waals surface area (Å²) in [6.07, 6.45) is 1.55. The second kappa shape index (κ2) is 2.67. The zero-order valence-corrected chi connectivity index (χ0v) is 8.37. The Kier molecular flexibility index (Phi) is 1.70. The highest BCUT2D eigenvalue weighted by Gasteiger charge is 2.21. The largest absolute Gasteiger partial charge is 0.479 e. The molecular weight excluding hydrogens is 180 g/mol. The third-order valence-electron chi connectivity index (χ3n) is 1.98. The fourth-order valence-electron chi connectivity index (χ4n) is 1.35. The molecule has 0 aliphatic carbocycles. The molecule has 2 heterocycles. The van der Waals surface area contributed by atoms with E-state index in [1.165, 1.54) is 0 Å². The fourth-order valence-corrected chi connectivity index (χ4v) is 1.35. The van der Waals surface area contributed by atoms with E-state index >= 15 is 0 Å². The van der Waals surface area contributed by atoms with E-state index < -0.39 is 0 Å². The predicted octanol–water partition coefficient (Wildman–Crippen LogP) is 1.36. The molecule has 5 heteroatoms. The summed E-state index contributed by atoms with van der Waals surface area (Å²) in [5.74, 6) is 0. The first-order chi connectivity index (χ1) is 6.48. The quantitative estimate of drug-likeness (QED) is 0.660. The molecule has 2 aromatic heterocycles. The Hall–Kier alpha value is -1.65. The van der Waals surface area contributed by atoms with Crippen molar-refractivity contribution >= 4 is 11.2 Å². The third-order valence-corrected chi connectivity index (χ3v) is 1.98. The highest BCUT2D eigenvalue weighted by Crippen LogP contribution is 2.26. The van der Waals surface area contributed by atoms with Crippen LogP contribution in [-0.4, -0.2) is 25.0 Å². The minimum Gasteiger partial charge on any atom is -0.479 e.